The van der Waals surface area contributed by atoms with Crippen LogP contribution < -0.4 is 5.32 Å². The summed E-state index contributed by atoms with van der Waals surface area (Å²) in [4.78, 5) is 13.8. The molecular formula is C10H20N2O. The van der Waals surface area contributed by atoms with Crippen molar-refractivity contribution in [1.29, 1.82) is 0 Å². The zero-order valence-corrected chi connectivity index (χ0v) is 9.00. The number of nitrogens with zero attached hydrogens (tertiary/aromatic N) is 1. The highest BCUT2D eigenvalue weighted by Crippen LogP contribution is 2.13. The highest BCUT2D eigenvalue weighted by molar-refractivity contribution is 5.78. The van der Waals surface area contributed by atoms with Crippen LogP contribution in [-0.4, -0.2) is 36.0 Å². The summed E-state index contributed by atoms with van der Waals surface area (Å²) in [6, 6.07) is 0.664. The molecule has 0 saturated carbocycles. The monoisotopic (exact) mass is 184 g/mol. The van der Waals surface area contributed by atoms with E-state index in [1.807, 2.05) is 18.7 Å². The van der Waals surface area contributed by atoms with Crippen LogP contribution in [0, 0.1) is 5.92 Å². The van der Waals surface area contributed by atoms with Crippen molar-refractivity contribution in [2.45, 2.75) is 39.8 Å². The van der Waals surface area contributed by atoms with Gasteiger partial charge in [-0.1, -0.05) is 13.8 Å². The Bertz CT molecular complexity index is 181. The van der Waals surface area contributed by atoms with E-state index in [1.54, 1.807) is 0 Å². The molecule has 0 aromatic heterocycles. The molecule has 1 heterocycles. The average molecular weight is 184 g/mol. The van der Waals surface area contributed by atoms with Crippen LogP contribution in [0.2, 0.25) is 0 Å². The van der Waals surface area contributed by atoms with Crippen molar-refractivity contribution in [2.75, 3.05) is 13.1 Å². The molecule has 0 aromatic rings. The van der Waals surface area contributed by atoms with Gasteiger partial charge in [0.25, 0.3) is 0 Å². The number of piperazine rings is 1. The molecule has 1 fully saturated rings. The maximum atomic E-state index is 11.8. The van der Waals surface area contributed by atoms with E-state index < -0.39 is 0 Å². The minimum Gasteiger partial charge on any atom is -0.335 e. The summed E-state index contributed by atoms with van der Waals surface area (Å²) in [7, 11) is 0. The summed E-state index contributed by atoms with van der Waals surface area (Å²) < 4.78 is 0. The third-order valence-corrected chi connectivity index (χ3v) is 2.58. The second kappa shape index (κ2) is 4.09. The Kier molecular flexibility index (Phi) is 3.31. The van der Waals surface area contributed by atoms with Crippen LogP contribution in [0.25, 0.3) is 0 Å². The molecule has 1 N–H and O–H groups in total. The van der Waals surface area contributed by atoms with Crippen LogP contribution in [-0.2, 0) is 4.79 Å². The highest BCUT2D eigenvalue weighted by Gasteiger charge is 2.29. The summed E-state index contributed by atoms with van der Waals surface area (Å²) in [5, 5.41) is 3.31. The smallest absolute Gasteiger partial charge is 0.225 e. The molecule has 3 nitrogen and oxygen atoms in total. The number of carbonyl (C=O) groups excluding carboxylic acids is 1. The third kappa shape index (κ3) is 2.21. The van der Waals surface area contributed by atoms with Gasteiger partial charge in [-0.2, -0.15) is 0 Å². The van der Waals surface area contributed by atoms with Gasteiger partial charge in [0.1, 0.15) is 0 Å². The summed E-state index contributed by atoms with van der Waals surface area (Å²) in [6.45, 7) is 9.96. The van der Waals surface area contributed by atoms with E-state index in [1.165, 1.54) is 0 Å². The fourth-order valence-corrected chi connectivity index (χ4v) is 1.86. The van der Waals surface area contributed by atoms with Crippen LogP contribution in [0.3, 0.4) is 0 Å². The zero-order chi connectivity index (χ0) is 10.0. The van der Waals surface area contributed by atoms with Crippen LogP contribution in [0.4, 0.5) is 0 Å². The van der Waals surface area contributed by atoms with Crippen LogP contribution in [0.15, 0.2) is 0 Å². The van der Waals surface area contributed by atoms with Gasteiger partial charge in [-0.15, -0.1) is 0 Å². The number of hydrogen-bond acceptors (Lipinski definition) is 2. The van der Waals surface area contributed by atoms with Crippen molar-refractivity contribution in [3.63, 3.8) is 0 Å². The van der Waals surface area contributed by atoms with Gasteiger partial charge in [0.15, 0.2) is 0 Å². The van der Waals surface area contributed by atoms with Gasteiger partial charge in [0.05, 0.1) is 0 Å². The molecule has 0 spiro atoms. The molecule has 0 aromatic carbocycles. The van der Waals surface area contributed by atoms with Crippen LogP contribution in [0.1, 0.15) is 27.7 Å². The molecule has 2 atom stereocenters. The molecule has 0 bridgehead atoms. The van der Waals surface area contributed by atoms with Crippen molar-refractivity contribution in [3.8, 4) is 0 Å². The van der Waals surface area contributed by atoms with Crippen molar-refractivity contribution < 1.29 is 4.79 Å². The lowest BCUT2D eigenvalue weighted by atomic mass is 10.1. The number of carbonyl (C=O) groups is 1. The maximum absolute atomic E-state index is 11.8. The van der Waals surface area contributed by atoms with Crippen molar-refractivity contribution >= 4 is 5.91 Å². The minimum absolute atomic E-state index is 0.114. The van der Waals surface area contributed by atoms with Crippen molar-refractivity contribution in [2.24, 2.45) is 5.92 Å². The van der Waals surface area contributed by atoms with E-state index in [4.69, 9.17) is 0 Å². The summed E-state index contributed by atoms with van der Waals surface area (Å²) >= 11 is 0. The van der Waals surface area contributed by atoms with E-state index in [0.29, 0.717) is 12.1 Å². The molecular weight excluding hydrogens is 164 g/mol. The second-order valence-corrected chi connectivity index (χ2v) is 4.26. The molecule has 1 saturated heterocycles. The Labute approximate surface area is 80.5 Å². The Hall–Kier alpha value is -0.570. The average Bonchev–Trinajstić information content (AvgIpc) is 2.03. The second-order valence-electron chi connectivity index (χ2n) is 4.26. The van der Waals surface area contributed by atoms with Crippen LogP contribution >= 0.6 is 0 Å². The largest absolute Gasteiger partial charge is 0.335 e. The molecule has 2 unspecified atom stereocenters. The highest BCUT2D eigenvalue weighted by atomic mass is 16.2. The number of amides is 1. The SMILES string of the molecule is CC(C)C(=O)N1C(C)CNCC1C. The van der Waals surface area contributed by atoms with Crippen LogP contribution in [0.5, 0.6) is 0 Å². The molecule has 0 radical (unpaired) electrons. The Morgan fingerprint density at radius 2 is 1.77 bits per heavy atom. The van der Waals surface area contributed by atoms with Gasteiger partial charge in [-0.3, -0.25) is 4.79 Å². The van der Waals surface area contributed by atoms with Crippen molar-refractivity contribution in [3.05, 3.63) is 0 Å². The topological polar surface area (TPSA) is 32.3 Å². The van der Waals surface area contributed by atoms with Gasteiger partial charge >= 0.3 is 0 Å². The van der Waals surface area contributed by atoms with E-state index >= 15 is 0 Å². The predicted octanol–water partition coefficient (Wildman–Crippen LogP) is 0.851. The van der Waals surface area contributed by atoms with E-state index in [2.05, 4.69) is 19.2 Å². The van der Waals surface area contributed by atoms with Gasteiger partial charge in [0, 0.05) is 31.1 Å². The quantitative estimate of drug-likeness (QED) is 0.655. The Morgan fingerprint density at radius 1 is 1.31 bits per heavy atom. The molecule has 1 rings (SSSR count). The van der Waals surface area contributed by atoms with Gasteiger partial charge in [-0.05, 0) is 13.8 Å². The number of rotatable bonds is 1. The molecule has 3 heteroatoms. The summed E-state index contributed by atoms with van der Waals surface area (Å²) in [6.07, 6.45) is 0. The summed E-state index contributed by atoms with van der Waals surface area (Å²) in [5.41, 5.74) is 0. The lowest BCUT2D eigenvalue weighted by Gasteiger charge is -2.40. The molecule has 1 aliphatic heterocycles. The maximum Gasteiger partial charge on any atom is 0.225 e. The Morgan fingerprint density at radius 3 is 2.15 bits per heavy atom. The van der Waals surface area contributed by atoms with E-state index in [0.717, 1.165) is 13.1 Å². The van der Waals surface area contributed by atoms with Gasteiger partial charge in [0.2, 0.25) is 5.91 Å². The normalized spacial score (nSPS) is 29.5. The molecule has 13 heavy (non-hydrogen) atoms. The number of hydrogen-bond donors (Lipinski definition) is 1. The predicted molar refractivity (Wildman–Crippen MR) is 53.5 cm³/mol. The zero-order valence-electron chi connectivity index (χ0n) is 9.00. The molecule has 1 aliphatic rings. The molecule has 1 amide bonds. The molecule has 0 aliphatic carbocycles. The van der Waals surface area contributed by atoms with Gasteiger partial charge < -0.3 is 10.2 Å². The minimum atomic E-state index is 0.114. The van der Waals surface area contributed by atoms with E-state index in [9.17, 15) is 4.79 Å². The lowest BCUT2D eigenvalue weighted by Crippen LogP contribution is -2.58. The number of nitrogens with one attached hydrogen (secondary N) is 1. The lowest BCUT2D eigenvalue weighted by molar-refractivity contribution is -0.139. The first-order chi connectivity index (χ1) is 6.04. The summed E-state index contributed by atoms with van der Waals surface area (Å²) in [5.74, 6) is 0.393. The van der Waals surface area contributed by atoms with Gasteiger partial charge in [-0.25, -0.2) is 0 Å². The van der Waals surface area contributed by atoms with E-state index in [-0.39, 0.29) is 11.8 Å². The fraction of sp³-hybridized carbons (Fsp3) is 0.900. The Balaban J connectivity index is 2.68. The molecule has 76 valence electrons. The first kappa shape index (κ1) is 10.5. The van der Waals surface area contributed by atoms with Crippen molar-refractivity contribution in [1.82, 2.24) is 10.2 Å². The fourth-order valence-electron chi connectivity index (χ4n) is 1.86. The first-order valence-corrected chi connectivity index (χ1v) is 5.07. The first-order valence-electron chi connectivity index (χ1n) is 5.07. The standard InChI is InChI=1S/C10H20N2O/c1-7(2)10(13)12-8(3)5-11-6-9(12)4/h7-9,11H,5-6H2,1-4H3. The third-order valence-electron chi connectivity index (χ3n) is 2.58.